The monoisotopic (exact) mass is 359 g/mol. The number of rotatable bonds is 2. The second-order valence-electron chi connectivity index (χ2n) is 3.34. The van der Waals surface area contributed by atoms with E-state index < -0.39 is 5.91 Å². The topological polar surface area (TPSA) is 81.5 Å². The summed E-state index contributed by atoms with van der Waals surface area (Å²) in [6.45, 7) is 1.66. The van der Waals surface area contributed by atoms with Crippen molar-refractivity contribution in [3.8, 4) is 0 Å². The first-order chi connectivity index (χ1) is 7.90. The second-order valence-corrected chi connectivity index (χ2v) is 5.11. The molecule has 1 rings (SSSR count). The first kappa shape index (κ1) is 13.9. The van der Waals surface area contributed by atoms with Crippen LogP contribution in [0.5, 0.6) is 0 Å². The van der Waals surface area contributed by atoms with E-state index in [1.165, 1.54) is 0 Å². The van der Waals surface area contributed by atoms with E-state index in [0.717, 1.165) is 14.5 Å². The number of guanidine groups is 1. The minimum absolute atomic E-state index is 0.238. The van der Waals surface area contributed by atoms with E-state index in [-0.39, 0.29) is 5.96 Å². The van der Waals surface area contributed by atoms with Crippen molar-refractivity contribution in [3.05, 3.63) is 38.3 Å². The van der Waals surface area contributed by atoms with Crippen LogP contribution in [0.3, 0.4) is 0 Å². The summed E-state index contributed by atoms with van der Waals surface area (Å²) in [6.07, 6.45) is 1.71. The van der Waals surface area contributed by atoms with E-state index in [0.29, 0.717) is 5.57 Å². The molecule has 90 valence electrons. The third-order valence-electron chi connectivity index (χ3n) is 1.90. The normalized spacial score (nSPS) is 11.1. The fourth-order valence-corrected chi connectivity index (χ4v) is 2.28. The lowest BCUT2D eigenvalue weighted by atomic mass is 10.1. The SMILES string of the molecule is CC(=Cc1ccc(Br)cc1Br)C(=O)N=C(N)N. The molecule has 0 aromatic heterocycles. The fraction of sp³-hybridized carbons (Fsp3) is 0.0909. The highest BCUT2D eigenvalue weighted by atomic mass is 79.9. The molecule has 0 aliphatic carbocycles. The summed E-state index contributed by atoms with van der Waals surface area (Å²) >= 11 is 6.76. The minimum atomic E-state index is -0.445. The molecule has 4 N–H and O–H groups in total. The molecule has 0 bridgehead atoms. The second kappa shape index (κ2) is 5.97. The first-order valence-corrected chi connectivity index (χ1v) is 6.26. The summed E-state index contributed by atoms with van der Waals surface area (Å²) in [5.74, 6) is -0.683. The molecule has 0 saturated heterocycles. The van der Waals surface area contributed by atoms with Gasteiger partial charge in [0.15, 0.2) is 5.96 Å². The molecule has 0 aliphatic rings. The summed E-state index contributed by atoms with van der Waals surface area (Å²) in [4.78, 5) is 15.0. The number of hydrogen-bond donors (Lipinski definition) is 2. The zero-order valence-electron chi connectivity index (χ0n) is 9.08. The molecule has 1 amide bonds. The number of halogens is 2. The number of carbonyl (C=O) groups is 1. The van der Waals surface area contributed by atoms with E-state index in [4.69, 9.17) is 11.5 Å². The number of aliphatic imine (C=N–C) groups is 1. The van der Waals surface area contributed by atoms with Crippen molar-refractivity contribution >= 4 is 49.8 Å². The van der Waals surface area contributed by atoms with Gasteiger partial charge in [0.2, 0.25) is 0 Å². The summed E-state index contributed by atoms with van der Waals surface area (Å²) in [7, 11) is 0. The van der Waals surface area contributed by atoms with Crippen LogP contribution in [0.15, 0.2) is 37.7 Å². The average molecular weight is 361 g/mol. The molecule has 6 heteroatoms. The summed E-state index contributed by atoms with van der Waals surface area (Å²) < 4.78 is 1.83. The highest BCUT2D eigenvalue weighted by Crippen LogP contribution is 2.24. The van der Waals surface area contributed by atoms with Gasteiger partial charge in [-0.05, 0) is 30.7 Å². The Hall–Kier alpha value is -1.14. The lowest BCUT2D eigenvalue weighted by Gasteiger charge is -2.01. The zero-order valence-corrected chi connectivity index (χ0v) is 12.2. The molecular weight excluding hydrogens is 350 g/mol. The van der Waals surface area contributed by atoms with Gasteiger partial charge in [-0.1, -0.05) is 37.9 Å². The molecule has 0 heterocycles. The van der Waals surface area contributed by atoms with Gasteiger partial charge in [0.1, 0.15) is 0 Å². The third-order valence-corrected chi connectivity index (χ3v) is 3.08. The van der Waals surface area contributed by atoms with Crippen molar-refractivity contribution in [3.63, 3.8) is 0 Å². The Kier molecular flexibility index (Phi) is 4.89. The predicted molar refractivity (Wildman–Crippen MR) is 76.3 cm³/mol. The van der Waals surface area contributed by atoms with Gasteiger partial charge in [0, 0.05) is 14.5 Å². The Morgan fingerprint density at radius 2 is 2.00 bits per heavy atom. The molecular formula is C11H11Br2N3O. The van der Waals surface area contributed by atoms with Crippen LogP contribution < -0.4 is 11.5 Å². The Morgan fingerprint density at radius 1 is 1.35 bits per heavy atom. The predicted octanol–water partition coefficient (Wildman–Crippen LogP) is 2.41. The maximum atomic E-state index is 11.5. The third kappa shape index (κ3) is 4.32. The van der Waals surface area contributed by atoms with Crippen molar-refractivity contribution < 1.29 is 4.79 Å². The maximum absolute atomic E-state index is 11.5. The summed E-state index contributed by atoms with van der Waals surface area (Å²) in [6, 6.07) is 5.65. The van der Waals surface area contributed by atoms with Gasteiger partial charge in [-0.3, -0.25) is 4.79 Å². The van der Waals surface area contributed by atoms with Gasteiger partial charge in [-0.25, -0.2) is 0 Å². The quantitative estimate of drug-likeness (QED) is 0.482. The Bertz CT molecular complexity index is 505. The number of benzene rings is 1. The standard InChI is InChI=1S/C11H11Br2N3O/c1-6(10(17)16-11(14)15)4-7-2-3-8(12)5-9(7)13/h2-5H,1H3,(H4,14,15,16,17). The van der Waals surface area contributed by atoms with Crippen LogP contribution in [0.4, 0.5) is 0 Å². The number of nitrogens with two attached hydrogens (primary N) is 2. The zero-order chi connectivity index (χ0) is 13.0. The molecule has 0 unspecified atom stereocenters. The smallest absolute Gasteiger partial charge is 0.275 e. The van der Waals surface area contributed by atoms with Crippen molar-refractivity contribution in [1.82, 2.24) is 0 Å². The number of hydrogen-bond acceptors (Lipinski definition) is 1. The molecule has 1 aromatic rings. The summed E-state index contributed by atoms with van der Waals surface area (Å²) in [5, 5.41) is 0. The van der Waals surface area contributed by atoms with Crippen LogP contribution in [-0.2, 0) is 4.79 Å². The van der Waals surface area contributed by atoms with E-state index >= 15 is 0 Å². The van der Waals surface area contributed by atoms with E-state index in [1.54, 1.807) is 13.0 Å². The van der Waals surface area contributed by atoms with E-state index in [9.17, 15) is 4.79 Å². The van der Waals surface area contributed by atoms with Crippen molar-refractivity contribution in [2.75, 3.05) is 0 Å². The highest BCUT2D eigenvalue weighted by Gasteiger charge is 2.05. The van der Waals surface area contributed by atoms with Crippen LogP contribution >= 0.6 is 31.9 Å². The molecule has 4 nitrogen and oxygen atoms in total. The van der Waals surface area contributed by atoms with Gasteiger partial charge in [0.25, 0.3) is 5.91 Å². The summed E-state index contributed by atoms with van der Waals surface area (Å²) in [5.41, 5.74) is 11.6. The van der Waals surface area contributed by atoms with Crippen molar-refractivity contribution in [1.29, 1.82) is 0 Å². The number of carbonyl (C=O) groups excluding carboxylic acids is 1. The maximum Gasteiger partial charge on any atom is 0.275 e. The Labute approximate surface area is 116 Å². The minimum Gasteiger partial charge on any atom is -0.370 e. The van der Waals surface area contributed by atoms with E-state index in [2.05, 4.69) is 36.9 Å². The average Bonchev–Trinajstić information content (AvgIpc) is 2.21. The molecule has 0 spiro atoms. The lowest BCUT2D eigenvalue weighted by Crippen LogP contribution is -2.24. The number of amides is 1. The molecule has 0 fully saturated rings. The molecule has 0 saturated carbocycles. The van der Waals surface area contributed by atoms with Gasteiger partial charge >= 0.3 is 0 Å². The van der Waals surface area contributed by atoms with Crippen LogP contribution in [-0.4, -0.2) is 11.9 Å². The van der Waals surface area contributed by atoms with Crippen molar-refractivity contribution in [2.24, 2.45) is 16.5 Å². The van der Waals surface area contributed by atoms with E-state index in [1.807, 2.05) is 18.2 Å². The number of nitrogens with zero attached hydrogens (tertiary/aromatic N) is 1. The lowest BCUT2D eigenvalue weighted by molar-refractivity contribution is -0.114. The van der Waals surface area contributed by atoms with Gasteiger partial charge < -0.3 is 11.5 Å². The van der Waals surface area contributed by atoms with Gasteiger partial charge in [0.05, 0.1) is 0 Å². The van der Waals surface area contributed by atoms with Crippen LogP contribution in [0.2, 0.25) is 0 Å². The highest BCUT2D eigenvalue weighted by molar-refractivity contribution is 9.11. The van der Waals surface area contributed by atoms with Gasteiger partial charge in [-0.15, -0.1) is 0 Å². The van der Waals surface area contributed by atoms with Crippen LogP contribution in [0.25, 0.3) is 6.08 Å². The Balaban J connectivity index is 3.03. The molecule has 1 aromatic carbocycles. The molecule has 0 radical (unpaired) electrons. The largest absolute Gasteiger partial charge is 0.370 e. The van der Waals surface area contributed by atoms with Crippen LogP contribution in [0, 0.1) is 0 Å². The molecule has 0 atom stereocenters. The van der Waals surface area contributed by atoms with Crippen LogP contribution in [0.1, 0.15) is 12.5 Å². The Morgan fingerprint density at radius 3 is 2.53 bits per heavy atom. The fourth-order valence-electron chi connectivity index (χ4n) is 1.12. The van der Waals surface area contributed by atoms with Crippen molar-refractivity contribution in [2.45, 2.75) is 6.92 Å². The molecule has 17 heavy (non-hydrogen) atoms. The van der Waals surface area contributed by atoms with Gasteiger partial charge in [-0.2, -0.15) is 4.99 Å². The first-order valence-electron chi connectivity index (χ1n) is 4.67. The molecule has 0 aliphatic heterocycles.